The molecule has 0 aliphatic rings. The van der Waals surface area contributed by atoms with Crippen LogP contribution < -0.4 is 0 Å². The maximum Gasteiger partial charge on any atom is 0.328 e. The van der Waals surface area contributed by atoms with E-state index in [-0.39, 0.29) is 19.5 Å². The molecule has 0 saturated heterocycles. The molecule has 5 heteroatoms. The van der Waals surface area contributed by atoms with Crippen LogP contribution in [0.2, 0.25) is 0 Å². The molecule has 82 valence electrons. The standard InChI is InChI=1S/C9H21O3P.Zn/c1-3-5-7-8-12-13(10,11)9-6-4-2;/h3-9H2,1-2H3,(H,10,11);. The van der Waals surface area contributed by atoms with Crippen molar-refractivity contribution in [3.8, 4) is 0 Å². The molecule has 0 fully saturated rings. The normalized spacial score (nSPS) is 14.5. The molecule has 0 bridgehead atoms. The Kier molecular flexibility index (Phi) is 12.6. The monoisotopic (exact) mass is 272 g/mol. The van der Waals surface area contributed by atoms with Gasteiger partial charge in [-0.15, -0.1) is 0 Å². The van der Waals surface area contributed by atoms with Crippen LogP contribution in [0.3, 0.4) is 0 Å². The van der Waals surface area contributed by atoms with Crippen LogP contribution >= 0.6 is 7.60 Å². The predicted molar refractivity (Wildman–Crippen MR) is 55.1 cm³/mol. The molecular formula is C9H21O3PZn. The number of rotatable bonds is 8. The van der Waals surface area contributed by atoms with Crippen LogP contribution in [-0.4, -0.2) is 17.7 Å². The maximum absolute atomic E-state index is 11.3. The molecule has 0 amide bonds. The molecule has 1 unspecified atom stereocenters. The third-order valence-electron chi connectivity index (χ3n) is 1.84. The van der Waals surface area contributed by atoms with Gasteiger partial charge in [0.05, 0.1) is 6.61 Å². The zero-order valence-corrected chi connectivity index (χ0v) is 13.2. The fourth-order valence-electron chi connectivity index (χ4n) is 0.982. The van der Waals surface area contributed by atoms with E-state index in [9.17, 15) is 9.46 Å². The molecule has 0 aromatic carbocycles. The molecule has 0 heterocycles. The van der Waals surface area contributed by atoms with E-state index in [1.54, 1.807) is 0 Å². The summed E-state index contributed by atoms with van der Waals surface area (Å²) in [5.41, 5.74) is 0. The fourth-order valence-corrected chi connectivity index (χ4v) is 2.24. The zero-order chi connectivity index (χ0) is 10.2. The summed E-state index contributed by atoms with van der Waals surface area (Å²) in [4.78, 5) is 9.28. The SMILES string of the molecule is CCCCCOP(=O)(O)CCCC.[Zn]. The molecule has 0 aliphatic carbocycles. The molecule has 14 heavy (non-hydrogen) atoms. The molecule has 0 rings (SSSR count). The first-order valence-corrected chi connectivity index (χ1v) is 6.85. The second-order valence-electron chi connectivity index (χ2n) is 3.25. The van der Waals surface area contributed by atoms with E-state index in [0.717, 1.165) is 32.1 Å². The molecule has 1 N–H and O–H groups in total. The largest absolute Gasteiger partial charge is 0.328 e. The smallest absolute Gasteiger partial charge is 0.324 e. The second kappa shape index (κ2) is 10.3. The van der Waals surface area contributed by atoms with Crippen LogP contribution in [0, 0.1) is 0 Å². The molecule has 3 nitrogen and oxygen atoms in total. The summed E-state index contributed by atoms with van der Waals surface area (Å²) in [5, 5.41) is 0. The molecule has 0 radical (unpaired) electrons. The molecule has 0 spiro atoms. The molecule has 0 aromatic rings. The van der Waals surface area contributed by atoms with Gasteiger partial charge in [0.2, 0.25) is 0 Å². The summed E-state index contributed by atoms with van der Waals surface area (Å²) < 4.78 is 16.2. The van der Waals surface area contributed by atoms with Gasteiger partial charge in [-0.05, 0) is 12.8 Å². The van der Waals surface area contributed by atoms with Gasteiger partial charge in [0.25, 0.3) is 0 Å². The van der Waals surface area contributed by atoms with Gasteiger partial charge in [0.15, 0.2) is 0 Å². The molecular weight excluding hydrogens is 252 g/mol. The van der Waals surface area contributed by atoms with E-state index in [4.69, 9.17) is 4.52 Å². The number of hydrogen-bond acceptors (Lipinski definition) is 2. The van der Waals surface area contributed by atoms with Gasteiger partial charge < -0.3 is 9.42 Å². The Labute approximate surface area is 99.9 Å². The maximum atomic E-state index is 11.3. The van der Waals surface area contributed by atoms with Gasteiger partial charge in [-0.3, -0.25) is 4.57 Å². The Balaban J connectivity index is 0. The van der Waals surface area contributed by atoms with Crippen molar-refractivity contribution in [1.82, 2.24) is 0 Å². The summed E-state index contributed by atoms with van der Waals surface area (Å²) in [6.45, 7) is 4.51. The average Bonchev–Trinajstić information content (AvgIpc) is 2.09. The Morgan fingerprint density at radius 3 is 2.21 bits per heavy atom. The quantitative estimate of drug-likeness (QED) is 0.420. The van der Waals surface area contributed by atoms with E-state index >= 15 is 0 Å². The van der Waals surface area contributed by atoms with Gasteiger partial charge in [0.1, 0.15) is 0 Å². The first kappa shape index (κ1) is 17.2. The minimum Gasteiger partial charge on any atom is -0.324 e. The van der Waals surface area contributed by atoms with Crippen LogP contribution in [0.25, 0.3) is 0 Å². The Bertz CT molecular complexity index is 164. The van der Waals surface area contributed by atoms with Crippen molar-refractivity contribution in [2.24, 2.45) is 0 Å². The van der Waals surface area contributed by atoms with Crippen LogP contribution in [0.15, 0.2) is 0 Å². The predicted octanol–water partition coefficient (Wildman–Crippen LogP) is 3.18. The van der Waals surface area contributed by atoms with Crippen LogP contribution in [0.4, 0.5) is 0 Å². The summed E-state index contributed by atoms with van der Waals surface area (Å²) in [7, 11) is -3.25. The molecule has 0 saturated carbocycles. The summed E-state index contributed by atoms with van der Waals surface area (Å²) >= 11 is 0. The van der Waals surface area contributed by atoms with E-state index in [1.807, 2.05) is 6.92 Å². The molecule has 0 aliphatic heterocycles. The van der Waals surface area contributed by atoms with Crippen LogP contribution in [0.5, 0.6) is 0 Å². The van der Waals surface area contributed by atoms with Gasteiger partial charge in [-0.1, -0.05) is 33.1 Å². The zero-order valence-electron chi connectivity index (χ0n) is 9.37. The van der Waals surface area contributed by atoms with Crippen molar-refractivity contribution >= 4 is 7.60 Å². The van der Waals surface area contributed by atoms with Gasteiger partial charge in [0, 0.05) is 25.6 Å². The Hall–Kier alpha value is 0.773. The Morgan fingerprint density at radius 1 is 1.14 bits per heavy atom. The van der Waals surface area contributed by atoms with Crippen LogP contribution in [-0.2, 0) is 28.6 Å². The first-order valence-electron chi connectivity index (χ1n) is 5.08. The van der Waals surface area contributed by atoms with Crippen molar-refractivity contribution < 1.29 is 33.5 Å². The third kappa shape index (κ3) is 10.9. The molecule has 0 aromatic heterocycles. The Morgan fingerprint density at radius 2 is 1.71 bits per heavy atom. The topological polar surface area (TPSA) is 46.5 Å². The average molecular weight is 274 g/mol. The van der Waals surface area contributed by atoms with Crippen molar-refractivity contribution in [3.63, 3.8) is 0 Å². The van der Waals surface area contributed by atoms with E-state index in [2.05, 4.69) is 6.92 Å². The summed E-state index contributed by atoms with van der Waals surface area (Å²) in [5.74, 6) is 0. The summed E-state index contributed by atoms with van der Waals surface area (Å²) in [6.07, 6.45) is 5.05. The minimum atomic E-state index is -3.25. The molecule has 1 atom stereocenters. The summed E-state index contributed by atoms with van der Waals surface area (Å²) in [6, 6.07) is 0. The van der Waals surface area contributed by atoms with Crippen LogP contribution in [0.1, 0.15) is 46.0 Å². The van der Waals surface area contributed by atoms with Crippen molar-refractivity contribution in [3.05, 3.63) is 0 Å². The van der Waals surface area contributed by atoms with Crippen molar-refractivity contribution in [1.29, 1.82) is 0 Å². The third-order valence-corrected chi connectivity index (χ3v) is 3.30. The number of unbranched alkanes of at least 4 members (excludes halogenated alkanes) is 3. The van der Waals surface area contributed by atoms with E-state index in [1.165, 1.54) is 0 Å². The van der Waals surface area contributed by atoms with E-state index in [0.29, 0.717) is 12.8 Å². The van der Waals surface area contributed by atoms with Gasteiger partial charge in [-0.2, -0.15) is 0 Å². The number of hydrogen-bond donors (Lipinski definition) is 1. The first-order chi connectivity index (χ1) is 6.12. The van der Waals surface area contributed by atoms with Gasteiger partial charge >= 0.3 is 7.60 Å². The van der Waals surface area contributed by atoms with Crippen molar-refractivity contribution in [2.75, 3.05) is 12.8 Å². The minimum absolute atomic E-state index is 0. The second-order valence-corrected chi connectivity index (χ2v) is 5.24. The van der Waals surface area contributed by atoms with E-state index < -0.39 is 7.60 Å². The fraction of sp³-hybridized carbons (Fsp3) is 1.00. The van der Waals surface area contributed by atoms with Crippen molar-refractivity contribution in [2.45, 2.75) is 46.0 Å². The van der Waals surface area contributed by atoms with Gasteiger partial charge in [-0.25, -0.2) is 0 Å².